The number of furan rings is 1. The highest BCUT2D eigenvalue weighted by Gasteiger charge is 2.16. The molecule has 0 spiro atoms. The summed E-state index contributed by atoms with van der Waals surface area (Å²) < 4.78 is 38.6. The zero-order valence-electron chi connectivity index (χ0n) is 13.5. The molecule has 4 aromatic rings. The number of carbonyl (C=O) groups excluding carboxylic acids is 1. The Labute approximate surface area is 161 Å². The second-order valence-electron chi connectivity index (χ2n) is 5.60. The normalized spacial score (nSPS) is 11.1. The lowest BCUT2D eigenvalue weighted by atomic mass is 10.0. The van der Waals surface area contributed by atoms with Gasteiger partial charge in [-0.1, -0.05) is 12.1 Å². The summed E-state index contributed by atoms with van der Waals surface area (Å²) >= 11 is 6.64. The van der Waals surface area contributed by atoms with Crippen molar-refractivity contribution in [2.75, 3.05) is 0 Å². The topological polar surface area (TPSA) is 52.3 Å². The molecular weight excluding hydrogens is 396 g/mol. The molecule has 0 unspecified atom stereocenters. The van der Waals surface area contributed by atoms with Crippen LogP contribution in [0.5, 0.6) is 5.75 Å². The number of ether oxygens (including phenoxy) is 1. The minimum absolute atomic E-state index is 0.0961. The highest BCUT2D eigenvalue weighted by Crippen LogP contribution is 2.33. The van der Waals surface area contributed by atoms with Gasteiger partial charge >= 0.3 is 0 Å². The first-order chi connectivity index (χ1) is 13.0. The van der Waals surface area contributed by atoms with E-state index in [1.807, 2.05) is 0 Å². The Kier molecular flexibility index (Phi) is 4.63. The Balaban J connectivity index is 1.55. The van der Waals surface area contributed by atoms with Crippen molar-refractivity contribution < 1.29 is 22.7 Å². The predicted molar refractivity (Wildman–Crippen MR) is 98.2 cm³/mol. The molecular formula is C19H10ClF2NO3S. The van der Waals surface area contributed by atoms with Crippen molar-refractivity contribution in [3.8, 4) is 16.9 Å². The van der Waals surface area contributed by atoms with Crippen molar-refractivity contribution in [2.45, 2.75) is 6.61 Å². The Morgan fingerprint density at radius 2 is 2.00 bits per heavy atom. The van der Waals surface area contributed by atoms with Crippen LogP contribution in [0.3, 0.4) is 0 Å². The number of thiazole rings is 1. The van der Waals surface area contributed by atoms with E-state index < -0.39 is 16.9 Å². The van der Waals surface area contributed by atoms with Crippen molar-refractivity contribution >= 4 is 39.1 Å². The maximum Gasteiger partial charge on any atom is 0.271 e. The molecule has 0 radical (unpaired) electrons. The van der Waals surface area contributed by atoms with Crippen LogP contribution in [-0.4, -0.2) is 10.2 Å². The number of hydrogen-bond acceptors (Lipinski definition) is 5. The molecule has 136 valence electrons. The molecule has 8 heteroatoms. The van der Waals surface area contributed by atoms with Crippen LogP contribution in [0.15, 0.2) is 52.5 Å². The third-order valence-corrected chi connectivity index (χ3v) is 4.92. The fourth-order valence-electron chi connectivity index (χ4n) is 2.63. The first kappa shape index (κ1) is 17.6. The summed E-state index contributed by atoms with van der Waals surface area (Å²) in [4.78, 5) is 15.1. The number of fused-ring (bicyclic) bond motifs is 1. The number of nitrogens with zero attached hydrogens (tertiary/aromatic N) is 1. The lowest BCUT2D eigenvalue weighted by molar-refractivity contribution is 0.107. The summed E-state index contributed by atoms with van der Waals surface area (Å²) in [5.41, 5.74) is 1.58. The molecule has 2 aromatic carbocycles. The molecule has 0 bridgehead atoms. The summed E-state index contributed by atoms with van der Waals surface area (Å²) in [5, 5.41) is 1.66. The number of carbonyl (C=O) groups is 1. The fraction of sp³-hybridized carbons (Fsp3) is 0.0526. The lowest BCUT2D eigenvalue weighted by Crippen LogP contribution is -1.96. The van der Waals surface area contributed by atoms with Gasteiger partial charge in [-0.05, 0) is 41.4 Å². The average Bonchev–Trinajstić information content (AvgIpc) is 3.33. The molecule has 0 saturated heterocycles. The van der Waals surface area contributed by atoms with Crippen LogP contribution in [0.25, 0.3) is 22.1 Å². The van der Waals surface area contributed by atoms with Crippen molar-refractivity contribution in [3.05, 3.63) is 70.4 Å². The predicted octanol–water partition coefficient (Wildman–Crippen LogP) is 5.79. The Morgan fingerprint density at radius 3 is 2.70 bits per heavy atom. The van der Waals surface area contributed by atoms with Crippen LogP contribution in [0.1, 0.15) is 15.5 Å². The zero-order valence-corrected chi connectivity index (χ0v) is 15.1. The molecule has 0 aliphatic heterocycles. The molecule has 0 fully saturated rings. The van der Waals surface area contributed by atoms with E-state index in [-0.39, 0.29) is 23.3 Å². The van der Waals surface area contributed by atoms with E-state index in [0.717, 1.165) is 6.07 Å². The monoisotopic (exact) mass is 405 g/mol. The Bertz CT molecular complexity index is 1140. The molecule has 0 N–H and O–H groups in total. The second-order valence-corrected chi connectivity index (χ2v) is 6.88. The van der Waals surface area contributed by atoms with Crippen LogP contribution >= 0.6 is 22.9 Å². The summed E-state index contributed by atoms with van der Waals surface area (Å²) in [6.07, 6.45) is 1.32. The van der Waals surface area contributed by atoms with Gasteiger partial charge in [0.15, 0.2) is 11.6 Å². The summed E-state index contributed by atoms with van der Waals surface area (Å²) in [6, 6.07) is 9.35. The molecule has 2 aromatic heterocycles. The van der Waals surface area contributed by atoms with Gasteiger partial charge in [-0.2, -0.15) is 0 Å². The minimum atomic E-state index is -0.937. The van der Waals surface area contributed by atoms with Gasteiger partial charge in [0.1, 0.15) is 28.6 Å². The SMILES string of the molecule is O=C(Cl)c1csc(COc2ccc(-c3cc(F)c(F)c4ccoc34)cc2)n1. The summed E-state index contributed by atoms with van der Waals surface area (Å²) in [7, 11) is 0. The summed E-state index contributed by atoms with van der Waals surface area (Å²) in [5.74, 6) is -1.31. The molecule has 0 saturated carbocycles. The largest absolute Gasteiger partial charge is 0.486 e. The summed E-state index contributed by atoms with van der Waals surface area (Å²) in [6.45, 7) is 0.182. The van der Waals surface area contributed by atoms with Gasteiger partial charge in [0.2, 0.25) is 0 Å². The number of benzene rings is 2. The van der Waals surface area contributed by atoms with E-state index in [2.05, 4.69) is 4.98 Å². The van der Waals surface area contributed by atoms with Crippen molar-refractivity contribution in [1.82, 2.24) is 4.98 Å². The van der Waals surface area contributed by atoms with Crippen molar-refractivity contribution in [1.29, 1.82) is 0 Å². The molecule has 27 heavy (non-hydrogen) atoms. The van der Waals surface area contributed by atoms with Crippen LogP contribution in [-0.2, 0) is 6.61 Å². The van der Waals surface area contributed by atoms with Gasteiger partial charge in [-0.25, -0.2) is 13.8 Å². The van der Waals surface area contributed by atoms with Crippen LogP contribution in [0.4, 0.5) is 8.78 Å². The maximum atomic E-state index is 13.8. The highest BCUT2D eigenvalue weighted by atomic mass is 35.5. The maximum absolute atomic E-state index is 13.8. The fourth-order valence-corrected chi connectivity index (χ4v) is 3.48. The molecule has 0 amide bonds. The lowest BCUT2D eigenvalue weighted by Gasteiger charge is -2.07. The van der Waals surface area contributed by atoms with Crippen LogP contribution in [0.2, 0.25) is 0 Å². The highest BCUT2D eigenvalue weighted by molar-refractivity contribution is 7.10. The van der Waals surface area contributed by atoms with Crippen LogP contribution in [0, 0.1) is 11.6 Å². The molecule has 0 aliphatic rings. The third kappa shape index (κ3) is 3.43. The molecule has 4 nitrogen and oxygen atoms in total. The minimum Gasteiger partial charge on any atom is -0.486 e. The van der Waals surface area contributed by atoms with E-state index in [1.165, 1.54) is 23.7 Å². The number of halogens is 3. The van der Waals surface area contributed by atoms with E-state index >= 15 is 0 Å². The van der Waals surface area contributed by atoms with Gasteiger partial charge in [0, 0.05) is 10.9 Å². The van der Waals surface area contributed by atoms with E-state index in [1.54, 1.807) is 29.6 Å². The van der Waals surface area contributed by atoms with Crippen molar-refractivity contribution in [2.24, 2.45) is 0 Å². The third-order valence-electron chi connectivity index (χ3n) is 3.91. The Hall–Kier alpha value is -2.77. The van der Waals surface area contributed by atoms with Gasteiger partial charge in [0.25, 0.3) is 5.24 Å². The van der Waals surface area contributed by atoms with Gasteiger partial charge in [-0.3, -0.25) is 4.79 Å². The first-order valence-corrected chi connectivity index (χ1v) is 9.01. The number of hydrogen-bond donors (Lipinski definition) is 0. The molecule has 2 heterocycles. The number of rotatable bonds is 5. The molecule has 0 atom stereocenters. The smallest absolute Gasteiger partial charge is 0.271 e. The van der Waals surface area contributed by atoms with E-state index in [4.69, 9.17) is 20.8 Å². The van der Waals surface area contributed by atoms with E-state index in [0.29, 0.717) is 21.9 Å². The van der Waals surface area contributed by atoms with Crippen LogP contribution < -0.4 is 4.74 Å². The van der Waals surface area contributed by atoms with Gasteiger partial charge in [-0.15, -0.1) is 11.3 Å². The number of aromatic nitrogens is 1. The molecule has 0 aliphatic carbocycles. The van der Waals surface area contributed by atoms with Gasteiger partial charge < -0.3 is 9.15 Å². The standard InChI is InChI=1S/C19H10ClF2NO3S/c20-19(24)15-9-27-16(23-15)8-26-11-3-1-10(2-4-11)13-7-14(21)17(22)12-5-6-25-18(12)13/h1-7,9H,8H2. The quantitative estimate of drug-likeness (QED) is 0.394. The second kappa shape index (κ2) is 7.09. The zero-order chi connectivity index (χ0) is 19.0. The van der Waals surface area contributed by atoms with Crippen molar-refractivity contribution in [3.63, 3.8) is 0 Å². The van der Waals surface area contributed by atoms with Gasteiger partial charge in [0.05, 0.1) is 11.6 Å². The molecule has 4 rings (SSSR count). The van der Waals surface area contributed by atoms with E-state index in [9.17, 15) is 13.6 Å². The Morgan fingerprint density at radius 1 is 1.22 bits per heavy atom. The first-order valence-electron chi connectivity index (χ1n) is 7.75. The average molecular weight is 406 g/mol.